The van der Waals surface area contributed by atoms with Crippen LogP contribution in [-0.2, 0) is 9.09 Å². The molecule has 0 heterocycles. The number of aryl methyl sites for hydroxylation is 3. The van der Waals surface area contributed by atoms with E-state index >= 15 is 0 Å². The first-order valence-corrected chi connectivity index (χ1v) is 7.49. The van der Waals surface area contributed by atoms with Gasteiger partial charge >= 0.3 is 14.0 Å². The second kappa shape index (κ2) is 5.98. The summed E-state index contributed by atoms with van der Waals surface area (Å²) in [6.45, 7) is 5.73. The van der Waals surface area contributed by atoms with Crippen LogP contribution in [0.4, 0.5) is 0 Å². The van der Waals surface area contributed by atoms with Crippen molar-refractivity contribution in [1.29, 1.82) is 0 Å². The summed E-state index contributed by atoms with van der Waals surface area (Å²) < 4.78 is 17.4. The molecule has 0 N–H and O–H groups in total. The molecule has 1 atom stereocenters. The molecule has 0 amide bonds. The van der Waals surface area contributed by atoms with Gasteiger partial charge in [0.1, 0.15) is 0 Å². The van der Waals surface area contributed by atoms with Gasteiger partial charge in [-0.1, -0.05) is 35.9 Å². The maximum atomic E-state index is 12.3. The Morgan fingerprint density at radius 1 is 1.00 bits per heavy atom. The minimum absolute atomic E-state index is 0.401. The molecule has 1 unspecified atom stereocenters. The van der Waals surface area contributed by atoms with Crippen LogP contribution < -0.4 is 5.30 Å². The fourth-order valence-corrected chi connectivity index (χ4v) is 3.26. The van der Waals surface area contributed by atoms with Crippen molar-refractivity contribution < 1.29 is 13.9 Å². The summed E-state index contributed by atoms with van der Waals surface area (Å²) in [7, 11) is -2.19. The van der Waals surface area contributed by atoms with E-state index in [-0.39, 0.29) is 0 Å². The summed E-state index contributed by atoms with van der Waals surface area (Å²) in [5.41, 5.74) is 3.26. The van der Waals surface area contributed by atoms with Crippen LogP contribution in [0.5, 0.6) is 0 Å². The maximum Gasteiger partial charge on any atom is 0.601 e. The first kappa shape index (κ1) is 14.4. The average Bonchev–Trinajstić information content (AvgIpc) is 2.38. The number of carbonyl (C=O) groups is 1. The topological polar surface area (TPSA) is 43.4 Å². The minimum atomic E-state index is -2.19. The Balaban J connectivity index is 2.24. The molecule has 0 bridgehead atoms. The van der Waals surface area contributed by atoms with Crippen molar-refractivity contribution in [2.75, 3.05) is 0 Å². The number of benzene rings is 2. The molecule has 2 aromatic carbocycles. The maximum absolute atomic E-state index is 12.3. The molecule has 0 saturated heterocycles. The molecule has 102 valence electrons. The molecule has 0 aliphatic rings. The largest absolute Gasteiger partial charge is 0.601 e. The van der Waals surface area contributed by atoms with Crippen LogP contribution in [0.1, 0.15) is 27.0 Å². The average molecular weight is 287 g/mol. The van der Waals surface area contributed by atoms with E-state index in [1.807, 2.05) is 39.0 Å². The molecule has 4 heteroatoms. The second-order valence-electron chi connectivity index (χ2n) is 4.75. The van der Waals surface area contributed by atoms with Crippen LogP contribution >= 0.6 is 8.03 Å². The molecule has 2 aromatic rings. The highest BCUT2D eigenvalue weighted by Crippen LogP contribution is 2.27. The zero-order chi connectivity index (χ0) is 14.7. The Morgan fingerprint density at radius 3 is 2.10 bits per heavy atom. The van der Waals surface area contributed by atoms with Crippen LogP contribution in [0.2, 0.25) is 0 Å². The van der Waals surface area contributed by atoms with Gasteiger partial charge in [-0.3, -0.25) is 0 Å². The van der Waals surface area contributed by atoms with E-state index in [9.17, 15) is 9.36 Å². The predicted octanol–water partition coefficient (Wildman–Crippen LogP) is 3.84. The number of hydrogen-bond acceptors (Lipinski definition) is 3. The lowest BCUT2D eigenvalue weighted by Gasteiger charge is -2.01. The quantitative estimate of drug-likeness (QED) is 0.806. The van der Waals surface area contributed by atoms with E-state index in [2.05, 4.69) is 0 Å². The summed E-state index contributed by atoms with van der Waals surface area (Å²) >= 11 is 0. The van der Waals surface area contributed by atoms with Crippen molar-refractivity contribution in [2.45, 2.75) is 20.8 Å². The molecule has 0 aromatic heterocycles. The van der Waals surface area contributed by atoms with Crippen LogP contribution in [0.15, 0.2) is 42.5 Å². The smallest absolute Gasteiger partial charge is 0.241 e. The zero-order valence-corrected chi connectivity index (χ0v) is 12.6. The Bertz CT molecular complexity index is 640. The van der Waals surface area contributed by atoms with E-state index in [1.54, 1.807) is 24.3 Å². The highest BCUT2D eigenvalue weighted by molar-refractivity contribution is 7.49. The Labute approximate surface area is 119 Å². The molecular formula is C16H16O3P+. The molecule has 0 radical (unpaired) electrons. The van der Waals surface area contributed by atoms with E-state index in [0.29, 0.717) is 10.9 Å². The van der Waals surface area contributed by atoms with Gasteiger partial charge in [-0.05, 0) is 37.5 Å². The van der Waals surface area contributed by atoms with E-state index in [0.717, 1.165) is 16.7 Å². The number of rotatable bonds is 3. The van der Waals surface area contributed by atoms with Gasteiger partial charge in [-0.2, -0.15) is 0 Å². The molecule has 0 fully saturated rings. The molecule has 0 saturated carbocycles. The van der Waals surface area contributed by atoms with Gasteiger partial charge in [0.25, 0.3) is 0 Å². The summed E-state index contributed by atoms with van der Waals surface area (Å²) in [5, 5.41) is 0.606. The molecule has 2 rings (SSSR count). The predicted molar refractivity (Wildman–Crippen MR) is 79.8 cm³/mol. The van der Waals surface area contributed by atoms with Crippen molar-refractivity contribution >= 4 is 19.3 Å². The molecular weight excluding hydrogens is 271 g/mol. The molecule has 0 aliphatic carbocycles. The summed E-state index contributed by atoms with van der Waals surface area (Å²) in [6.07, 6.45) is 0. The van der Waals surface area contributed by atoms with Crippen LogP contribution in [0.25, 0.3) is 0 Å². The van der Waals surface area contributed by atoms with Crippen LogP contribution in [0, 0.1) is 20.8 Å². The van der Waals surface area contributed by atoms with E-state index in [1.165, 1.54) is 0 Å². The summed E-state index contributed by atoms with van der Waals surface area (Å²) in [5.74, 6) is -0.564. The highest BCUT2D eigenvalue weighted by Gasteiger charge is 2.32. The third-order valence-electron chi connectivity index (χ3n) is 2.99. The monoisotopic (exact) mass is 287 g/mol. The van der Waals surface area contributed by atoms with Gasteiger partial charge in [0.15, 0.2) is 0 Å². The molecule has 0 aliphatic heterocycles. The highest BCUT2D eigenvalue weighted by atomic mass is 31.1. The van der Waals surface area contributed by atoms with Gasteiger partial charge in [-0.15, -0.1) is 0 Å². The van der Waals surface area contributed by atoms with Crippen molar-refractivity contribution in [3.63, 3.8) is 0 Å². The molecule has 20 heavy (non-hydrogen) atoms. The molecule has 0 spiro atoms. The Morgan fingerprint density at radius 2 is 1.55 bits per heavy atom. The van der Waals surface area contributed by atoms with Crippen LogP contribution in [0.3, 0.4) is 0 Å². The fraction of sp³-hybridized carbons (Fsp3) is 0.188. The van der Waals surface area contributed by atoms with Gasteiger partial charge < -0.3 is 0 Å². The SMILES string of the molecule is Cc1cc(C)c([P+](=O)OC(=O)c2ccccc2)c(C)c1. The number of carbonyl (C=O) groups excluding carboxylic acids is 1. The third-order valence-corrected chi connectivity index (χ3v) is 4.40. The summed E-state index contributed by atoms with van der Waals surface area (Å²) in [4.78, 5) is 11.9. The Hall–Kier alpha value is -1.99. The number of hydrogen-bond donors (Lipinski definition) is 0. The molecule has 3 nitrogen and oxygen atoms in total. The normalized spacial score (nSPS) is 11.1. The van der Waals surface area contributed by atoms with Crippen molar-refractivity contribution in [2.24, 2.45) is 0 Å². The Kier molecular flexibility index (Phi) is 4.31. The van der Waals surface area contributed by atoms with Crippen molar-refractivity contribution in [3.8, 4) is 0 Å². The van der Waals surface area contributed by atoms with Crippen molar-refractivity contribution in [3.05, 3.63) is 64.7 Å². The second-order valence-corrected chi connectivity index (χ2v) is 5.89. The van der Waals surface area contributed by atoms with Gasteiger partial charge in [-0.25, -0.2) is 9.32 Å². The first-order chi connectivity index (χ1) is 9.49. The van der Waals surface area contributed by atoms with Crippen LogP contribution in [-0.4, -0.2) is 5.97 Å². The first-order valence-electron chi connectivity index (χ1n) is 6.31. The minimum Gasteiger partial charge on any atom is -0.241 e. The zero-order valence-electron chi connectivity index (χ0n) is 11.7. The van der Waals surface area contributed by atoms with E-state index < -0.39 is 14.0 Å². The third kappa shape index (κ3) is 3.12. The standard InChI is InChI=1S/C16H16O3P/c1-11-9-12(2)15(13(3)10-11)20(18)19-16(17)14-7-5-4-6-8-14/h4-10H,1-3H3/q+1. The lowest BCUT2D eigenvalue weighted by atomic mass is 10.1. The summed E-state index contributed by atoms with van der Waals surface area (Å²) in [6, 6.07) is 12.4. The van der Waals surface area contributed by atoms with Gasteiger partial charge in [0.05, 0.1) is 5.56 Å². The lowest BCUT2D eigenvalue weighted by Crippen LogP contribution is -2.11. The van der Waals surface area contributed by atoms with E-state index in [4.69, 9.17) is 4.52 Å². The fourth-order valence-electron chi connectivity index (χ4n) is 2.21. The van der Waals surface area contributed by atoms with Crippen molar-refractivity contribution in [1.82, 2.24) is 0 Å². The van der Waals surface area contributed by atoms with Gasteiger partial charge in [0.2, 0.25) is 5.30 Å². The lowest BCUT2D eigenvalue weighted by molar-refractivity contribution is 0.0752. The van der Waals surface area contributed by atoms with Gasteiger partial charge in [0, 0.05) is 11.1 Å².